The number of carboxylic acid groups (broad SMARTS) is 1. The highest BCUT2D eigenvalue weighted by atomic mass is 35.5. The van der Waals surface area contributed by atoms with Gasteiger partial charge in [0.25, 0.3) is 0 Å². The average molecular weight is 313 g/mol. The Morgan fingerprint density at radius 3 is 2.90 bits per heavy atom. The van der Waals surface area contributed by atoms with Gasteiger partial charge >= 0.3 is 11.9 Å². The Morgan fingerprint density at radius 2 is 2.24 bits per heavy atom. The van der Waals surface area contributed by atoms with Crippen molar-refractivity contribution in [3.63, 3.8) is 0 Å². The lowest BCUT2D eigenvalue weighted by atomic mass is 9.90. The van der Waals surface area contributed by atoms with Crippen LogP contribution in [-0.4, -0.2) is 30.3 Å². The van der Waals surface area contributed by atoms with Gasteiger partial charge in [0.2, 0.25) is 0 Å². The van der Waals surface area contributed by atoms with Crippen molar-refractivity contribution in [3.8, 4) is 0 Å². The van der Waals surface area contributed by atoms with Crippen LogP contribution in [0.3, 0.4) is 0 Å². The maximum absolute atomic E-state index is 12.0. The number of aliphatic carboxylic acids is 1. The number of benzene rings is 1. The van der Waals surface area contributed by atoms with E-state index in [1.807, 2.05) is 0 Å². The van der Waals surface area contributed by atoms with Crippen molar-refractivity contribution in [2.75, 3.05) is 13.2 Å². The summed E-state index contributed by atoms with van der Waals surface area (Å²) in [5.74, 6) is -1.34. The summed E-state index contributed by atoms with van der Waals surface area (Å²) in [5.41, 5.74) is 2.37. The Balaban J connectivity index is 2.39. The molecule has 21 heavy (non-hydrogen) atoms. The number of carboxylic acids is 1. The maximum Gasteiger partial charge on any atom is 0.339 e. The second-order valence-electron chi connectivity index (χ2n) is 4.78. The molecule has 5 nitrogen and oxygen atoms in total. The summed E-state index contributed by atoms with van der Waals surface area (Å²) in [7, 11) is 0. The first-order valence-corrected chi connectivity index (χ1v) is 7.22. The number of esters is 1. The average Bonchev–Trinajstić information content (AvgIpc) is 2.43. The van der Waals surface area contributed by atoms with Crippen LogP contribution < -0.4 is 0 Å². The number of hydrogen-bond acceptors (Lipinski definition) is 4. The molecule has 1 heterocycles. The number of halogens is 1. The van der Waals surface area contributed by atoms with Gasteiger partial charge in [-0.3, -0.25) is 4.79 Å². The lowest BCUT2D eigenvalue weighted by Gasteiger charge is -2.27. The molecule has 0 radical (unpaired) electrons. The normalized spacial score (nSPS) is 17.1. The molecule has 1 aromatic carbocycles. The zero-order chi connectivity index (χ0) is 15.4. The van der Waals surface area contributed by atoms with E-state index in [4.69, 9.17) is 26.2 Å². The second-order valence-corrected chi connectivity index (χ2v) is 5.22. The first-order valence-electron chi connectivity index (χ1n) is 6.84. The minimum Gasteiger partial charge on any atom is -0.481 e. The highest BCUT2D eigenvalue weighted by molar-refractivity contribution is 6.30. The lowest BCUT2D eigenvalue weighted by molar-refractivity contribution is -0.158. The topological polar surface area (TPSA) is 72.8 Å². The number of carbonyl (C=O) groups excluding carboxylic acids is 1. The fraction of sp³-hybridized carbons (Fsp3) is 0.467. The molecule has 0 saturated carbocycles. The van der Waals surface area contributed by atoms with E-state index in [1.165, 1.54) is 0 Å². The zero-order valence-corrected chi connectivity index (χ0v) is 12.5. The third-order valence-corrected chi connectivity index (χ3v) is 3.56. The van der Waals surface area contributed by atoms with Crippen LogP contribution in [0.25, 0.3) is 0 Å². The molecule has 0 fully saturated rings. The smallest absolute Gasteiger partial charge is 0.339 e. The van der Waals surface area contributed by atoms with Crippen molar-refractivity contribution in [3.05, 3.63) is 33.8 Å². The number of carbonyl (C=O) groups is 2. The van der Waals surface area contributed by atoms with E-state index >= 15 is 0 Å². The fourth-order valence-corrected chi connectivity index (χ4v) is 2.77. The van der Waals surface area contributed by atoms with Gasteiger partial charge in [-0.2, -0.15) is 0 Å². The van der Waals surface area contributed by atoms with Gasteiger partial charge in [0, 0.05) is 11.4 Å². The quantitative estimate of drug-likeness (QED) is 0.846. The van der Waals surface area contributed by atoms with Crippen LogP contribution in [0.1, 0.15) is 36.1 Å². The predicted molar refractivity (Wildman–Crippen MR) is 76.4 cm³/mol. The van der Waals surface area contributed by atoms with Crippen molar-refractivity contribution in [1.29, 1.82) is 0 Å². The number of ether oxygens (including phenoxy) is 2. The van der Waals surface area contributed by atoms with Crippen LogP contribution in [-0.2, 0) is 31.9 Å². The van der Waals surface area contributed by atoms with E-state index in [9.17, 15) is 9.59 Å². The summed E-state index contributed by atoms with van der Waals surface area (Å²) >= 11 is 6.08. The highest BCUT2D eigenvalue weighted by Crippen LogP contribution is 2.34. The maximum atomic E-state index is 12.0. The van der Waals surface area contributed by atoms with Crippen molar-refractivity contribution >= 4 is 23.5 Å². The predicted octanol–water partition coefficient (Wildman–Crippen LogP) is 2.53. The van der Waals surface area contributed by atoms with Crippen molar-refractivity contribution in [1.82, 2.24) is 0 Å². The molecule has 0 amide bonds. The van der Waals surface area contributed by atoms with E-state index in [2.05, 4.69) is 0 Å². The van der Waals surface area contributed by atoms with E-state index in [0.29, 0.717) is 30.0 Å². The summed E-state index contributed by atoms with van der Waals surface area (Å²) in [6.07, 6.45) is 0.126. The van der Waals surface area contributed by atoms with Crippen LogP contribution in [0.2, 0.25) is 5.02 Å². The van der Waals surface area contributed by atoms with Gasteiger partial charge in [0.05, 0.1) is 13.2 Å². The zero-order valence-electron chi connectivity index (χ0n) is 11.7. The fourth-order valence-electron chi connectivity index (χ4n) is 2.50. The molecule has 1 atom stereocenters. The van der Waals surface area contributed by atoms with Gasteiger partial charge < -0.3 is 14.6 Å². The Labute approximate surface area is 127 Å². The highest BCUT2D eigenvalue weighted by Gasteiger charge is 2.31. The van der Waals surface area contributed by atoms with Gasteiger partial charge in [0.1, 0.15) is 0 Å². The molecule has 0 bridgehead atoms. The summed E-state index contributed by atoms with van der Waals surface area (Å²) in [6, 6.07) is 3.50. The van der Waals surface area contributed by atoms with Gasteiger partial charge in [-0.25, -0.2) is 4.79 Å². The van der Waals surface area contributed by atoms with Crippen LogP contribution in [0.5, 0.6) is 0 Å². The van der Waals surface area contributed by atoms with Crippen LogP contribution in [0.4, 0.5) is 0 Å². The molecule has 114 valence electrons. The Morgan fingerprint density at radius 1 is 1.48 bits per heavy atom. The van der Waals surface area contributed by atoms with Crippen LogP contribution in [0, 0.1) is 0 Å². The van der Waals surface area contributed by atoms with Crippen LogP contribution >= 0.6 is 11.6 Å². The SMILES string of the molecule is CCOC(=O)C1OCCc2cc(Cl)cc(CCC(=O)O)c21. The largest absolute Gasteiger partial charge is 0.481 e. The third-order valence-electron chi connectivity index (χ3n) is 3.34. The molecule has 0 spiro atoms. The molecule has 1 aliphatic rings. The molecular formula is C15H17ClO5. The monoisotopic (exact) mass is 312 g/mol. The van der Waals surface area contributed by atoms with Gasteiger partial charge in [-0.1, -0.05) is 11.6 Å². The summed E-state index contributed by atoms with van der Waals surface area (Å²) in [5, 5.41) is 9.39. The van der Waals surface area contributed by atoms with E-state index < -0.39 is 18.0 Å². The molecule has 1 aliphatic heterocycles. The van der Waals surface area contributed by atoms with Crippen molar-refractivity contribution in [2.45, 2.75) is 32.3 Å². The second kappa shape index (κ2) is 6.91. The number of hydrogen-bond donors (Lipinski definition) is 1. The van der Waals surface area contributed by atoms with Gasteiger partial charge in [0.15, 0.2) is 6.10 Å². The summed E-state index contributed by atoms with van der Waals surface area (Å²) < 4.78 is 10.6. The molecule has 0 aromatic heterocycles. The minimum absolute atomic E-state index is 0.0255. The Bertz CT molecular complexity index is 555. The van der Waals surface area contributed by atoms with E-state index in [-0.39, 0.29) is 13.0 Å². The third kappa shape index (κ3) is 3.74. The van der Waals surface area contributed by atoms with Crippen LogP contribution in [0.15, 0.2) is 12.1 Å². The van der Waals surface area contributed by atoms with E-state index in [1.54, 1.807) is 19.1 Å². The molecule has 6 heteroatoms. The van der Waals surface area contributed by atoms with Gasteiger partial charge in [-0.05, 0) is 48.6 Å². The lowest BCUT2D eigenvalue weighted by Crippen LogP contribution is -2.26. The summed E-state index contributed by atoms with van der Waals surface area (Å²) in [6.45, 7) is 2.41. The standard InChI is InChI=1S/C15H17ClO5/c1-2-20-15(19)14-13-9(3-4-12(17)18)7-11(16)8-10(13)5-6-21-14/h7-8,14H,2-6H2,1H3,(H,17,18). The molecule has 1 N–H and O–H groups in total. The molecule has 0 aliphatic carbocycles. The molecule has 1 unspecified atom stereocenters. The Kier molecular flexibility index (Phi) is 5.20. The number of fused-ring (bicyclic) bond motifs is 1. The molecule has 2 rings (SSSR count). The molecule has 0 saturated heterocycles. The van der Waals surface area contributed by atoms with Gasteiger partial charge in [-0.15, -0.1) is 0 Å². The van der Waals surface area contributed by atoms with E-state index in [0.717, 1.165) is 11.1 Å². The first kappa shape index (κ1) is 15.8. The van der Waals surface area contributed by atoms with Crippen molar-refractivity contribution in [2.24, 2.45) is 0 Å². The number of rotatable bonds is 5. The molecule has 1 aromatic rings. The van der Waals surface area contributed by atoms with Crippen molar-refractivity contribution < 1.29 is 24.2 Å². The minimum atomic E-state index is -0.895. The Hall–Kier alpha value is -1.59. The first-order chi connectivity index (χ1) is 10.0. The number of aryl methyl sites for hydroxylation is 1. The summed E-state index contributed by atoms with van der Waals surface area (Å²) in [4.78, 5) is 22.8. The molecular weight excluding hydrogens is 296 g/mol.